The number of hydrogen-bond acceptors (Lipinski definition) is 1. The van der Waals surface area contributed by atoms with Gasteiger partial charge in [-0.2, -0.15) is 0 Å². The summed E-state index contributed by atoms with van der Waals surface area (Å²) >= 11 is 0. The van der Waals surface area contributed by atoms with Gasteiger partial charge in [-0.05, 0) is 26.2 Å². The van der Waals surface area contributed by atoms with E-state index in [4.69, 9.17) is 5.73 Å². The molecule has 1 aliphatic rings. The molecule has 0 amide bonds. The minimum absolute atomic E-state index is 0.121. The van der Waals surface area contributed by atoms with Gasteiger partial charge in [-0.1, -0.05) is 18.6 Å². The van der Waals surface area contributed by atoms with Gasteiger partial charge in [-0.3, -0.25) is 0 Å². The third kappa shape index (κ3) is 1.33. The van der Waals surface area contributed by atoms with Gasteiger partial charge < -0.3 is 5.73 Å². The summed E-state index contributed by atoms with van der Waals surface area (Å²) in [5.74, 6) is 0. The van der Waals surface area contributed by atoms with E-state index in [0.29, 0.717) is 0 Å². The molecule has 0 unspecified atom stereocenters. The molecule has 1 saturated carbocycles. The smallest absolute Gasteiger partial charge is 0.0367 e. The molecule has 0 saturated heterocycles. The van der Waals surface area contributed by atoms with Crippen molar-refractivity contribution in [2.45, 2.75) is 38.6 Å². The van der Waals surface area contributed by atoms with E-state index in [1.807, 2.05) is 0 Å². The standard InChI is InChI=1S/C8H15N/c1-3-4-7(2)8(9)5-6-8/h4H,3,5-6,9H2,1-2H3/b7-4-. The van der Waals surface area contributed by atoms with Crippen molar-refractivity contribution in [1.82, 2.24) is 0 Å². The minimum Gasteiger partial charge on any atom is -0.322 e. The Kier molecular flexibility index (Phi) is 1.62. The third-order valence-electron chi connectivity index (χ3n) is 2.08. The lowest BCUT2D eigenvalue weighted by Gasteiger charge is -2.07. The van der Waals surface area contributed by atoms with Crippen LogP contribution in [0.2, 0.25) is 0 Å². The van der Waals surface area contributed by atoms with Crippen LogP contribution in [0.4, 0.5) is 0 Å². The van der Waals surface area contributed by atoms with Crippen molar-refractivity contribution in [1.29, 1.82) is 0 Å². The van der Waals surface area contributed by atoms with Gasteiger partial charge in [0.05, 0.1) is 0 Å². The summed E-state index contributed by atoms with van der Waals surface area (Å²) in [6, 6.07) is 0. The molecule has 0 aromatic rings. The van der Waals surface area contributed by atoms with Crippen LogP contribution in [0.1, 0.15) is 33.1 Å². The lowest BCUT2D eigenvalue weighted by molar-refractivity contribution is 0.786. The topological polar surface area (TPSA) is 26.0 Å². The lowest BCUT2D eigenvalue weighted by atomic mass is 10.1. The van der Waals surface area contributed by atoms with Gasteiger partial charge in [0.25, 0.3) is 0 Å². The first-order valence-electron chi connectivity index (χ1n) is 3.65. The Morgan fingerprint density at radius 2 is 2.22 bits per heavy atom. The molecule has 0 atom stereocenters. The Balaban J connectivity index is 2.51. The highest BCUT2D eigenvalue weighted by Gasteiger charge is 2.39. The Bertz CT molecular complexity index is 132. The van der Waals surface area contributed by atoms with E-state index in [0.717, 1.165) is 6.42 Å². The van der Waals surface area contributed by atoms with Gasteiger partial charge in [0.2, 0.25) is 0 Å². The van der Waals surface area contributed by atoms with E-state index in [-0.39, 0.29) is 5.54 Å². The van der Waals surface area contributed by atoms with Gasteiger partial charge in [-0.15, -0.1) is 0 Å². The SMILES string of the molecule is CC/C=C(/C)C1(N)CC1. The second kappa shape index (κ2) is 2.14. The molecule has 1 rings (SSSR count). The number of hydrogen-bond donors (Lipinski definition) is 1. The first-order chi connectivity index (χ1) is 4.19. The fraction of sp³-hybridized carbons (Fsp3) is 0.750. The summed E-state index contributed by atoms with van der Waals surface area (Å²) in [6.07, 6.45) is 5.72. The molecule has 1 aliphatic carbocycles. The van der Waals surface area contributed by atoms with Gasteiger partial charge >= 0.3 is 0 Å². The molecule has 0 aromatic heterocycles. The maximum Gasteiger partial charge on any atom is 0.0367 e. The van der Waals surface area contributed by atoms with Crippen molar-refractivity contribution in [3.63, 3.8) is 0 Å². The zero-order valence-corrected chi connectivity index (χ0v) is 6.28. The predicted molar refractivity (Wildman–Crippen MR) is 40.2 cm³/mol. The molecule has 9 heavy (non-hydrogen) atoms. The van der Waals surface area contributed by atoms with Crippen LogP contribution in [0.15, 0.2) is 11.6 Å². The zero-order valence-electron chi connectivity index (χ0n) is 6.28. The van der Waals surface area contributed by atoms with Crippen LogP contribution in [0.5, 0.6) is 0 Å². The van der Waals surface area contributed by atoms with E-state index in [1.165, 1.54) is 18.4 Å². The zero-order chi connectivity index (χ0) is 6.91. The summed E-state index contributed by atoms with van der Waals surface area (Å²) in [5, 5.41) is 0. The highest BCUT2D eigenvalue weighted by atomic mass is 14.8. The molecule has 52 valence electrons. The van der Waals surface area contributed by atoms with Crippen molar-refractivity contribution in [2.24, 2.45) is 5.73 Å². The lowest BCUT2D eigenvalue weighted by Crippen LogP contribution is -2.22. The molecular formula is C8H15N. The predicted octanol–water partition coefficient (Wildman–Crippen LogP) is 1.83. The summed E-state index contributed by atoms with van der Waals surface area (Å²) in [6.45, 7) is 4.28. The number of nitrogens with two attached hydrogens (primary N) is 1. The Morgan fingerprint density at radius 3 is 2.56 bits per heavy atom. The second-order valence-corrected chi connectivity index (χ2v) is 2.95. The molecule has 1 heteroatoms. The van der Waals surface area contributed by atoms with E-state index < -0.39 is 0 Å². The maximum absolute atomic E-state index is 5.91. The molecule has 0 heterocycles. The van der Waals surface area contributed by atoms with E-state index >= 15 is 0 Å². The Hall–Kier alpha value is -0.300. The van der Waals surface area contributed by atoms with Crippen LogP contribution in [-0.4, -0.2) is 5.54 Å². The maximum atomic E-state index is 5.91. The fourth-order valence-electron chi connectivity index (χ4n) is 1.04. The van der Waals surface area contributed by atoms with Crippen LogP contribution in [0, 0.1) is 0 Å². The number of allylic oxidation sites excluding steroid dienone is 1. The minimum atomic E-state index is 0.121. The quantitative estimate of drug-likeness (QED) is 0.560. The van der Waals surface area contributed by atoms with Crippen LogP contribution in [0.3, 0.4) is 0 Å². The molecule has 0 radical (unpaired) electrons. The van der Waals surface area contributed by atoms with E-state index in [1.54, 1.807) is 0 Å². The summed E-state index contributed by atoms with van der Waals surface area (Å²) in [4.78, 5) is 0. The normalized spacial score (nSPS) is 24.1. The van der Waals surface area contributed by atoms with Gasteiger partial charge in [-0.25, -0.2) is 0 Å². The third-order valence-corrected chi connectivity index (χ3v) is 2.08. The molecule has 2 N–H and O–H groups in total. The average Bonchev–Trinajstić information content (AvgIpc) is 2.50. The molecular weight excluding hydrogens is 110 g/mol. The highest BCUT2D eigenvalue weighted by molar-refractivity contribution is 5.24. The van der Waals surface area contributed by atoms with Crippen LogP contribution in [0.25, 0.3) is 0 Å². The van der Waals surface area contributed by atoms with E-state index in [2.05, 4.69) is 19.9 Å². The largest absolute Gasteiger partial charge is 0.322 e. The van der Waals surface area contributed by atoms with Crippen molar-refractivity contribution in [3.8, 4) is 0 Å². The molecule has 1 fully saturated rings. The summed E-state index contributed by atoms with van der Waals surface area (Å²) in [5.41, 5.74) is 7.41. The van der Waals surface area contributed by atoms with Crippen LogP contribution in [-0.2, 0) is 0 Å². The molecule has 0 aromatic carbocycles. The molecule has 0 bridgehead atoms. The summed E-state index contributed by atoms with van der Waals surface area (Å²) < 4.78 is 0. The second-order valence-electron chi connectivity index (χ2n) is 2.95. The molecule has 0 aliphatic heterocycles. The van der Waals surface area contributed by atoms with Gasteiger partial charge in [0.15, 0.2) is 0 Å². The molecule has 0 spiro atoms. The fourth-order valence-corrected chi connectivity index (χ4v) is 1.04. The number of rotatable bonds is 2. The van der Waals surface area contributed by atoms with Crippen molar-refractivity contribution < 1.29 is 0 Å². The van der Waals surface area contributed by atoms with Crippen molar-refractivity contribution in [3.05, 3.63) is 11.6 Å². The summed E-state index contributed by atoms with van der Waals surface area (Å²) in [7, 11) is 0. The highest BCUT2D eigenvalue weighted by Crippen LogP contribution is 2.38. The first-order valence-corrected chi connectivity index (χ1v) is 3.65. The first kappa shape index (κ1) is 6.81. The van der Waals surface area contributed by atoms with Crippen molar-refractivity contribution >= 4 is 0 Å². The van der Waals surface area contributed by atoms with Crippen LogP contribution >= 0.6 is 0 Å². The van der Waals surface area contributed by atoms with Crippen LogP contribution < -0.4 is 5.73 Å². The van der Waals surface area contributed by atoms with E-state index in [9.17, 15) is 0 Å². The average molecular weight is 125 g/mol. The Labute approximate surface area is 56.9 Å². The molecule has 1 nitrogen and oxygen atoms in total. The van der Waals surface area contributed by atoms with Gasteiger partial charge in [0, 0.05) is 5.54 Å². The van der Waals surface area contributed by atoms with Crippen molar-refractivity contribution in [2.75, 3.05) is 0 Å². The monoisotopic (exact) mass is 125 g/mol. The Morgan fingerprint density at radius 1 is 1.67 bits per heavy atom. The van der Waals surface area contributed by atoms with Gasteiger partial charge in [0.1, 0.15) is 0 Å².